The van der Waals surface area contributed by atoms with E-state index in [0.717, 1.165) is 0 Å². The third-order valence-corrected chi connectivity index (χ3v) is 3.18. The zero-order valence-corrected chi connectivity index (χ0v) is 8.99. The average molecular weight is 242 g/mol. The summed E-state index contributed by atoms with van der Waals surface area (Å²) in [6.07, 6.45) is 1.17. The predicted octanol–water partition coefficient (Wildman–Crippen LogP) is 2.53. The molecule has 2 rings (SSSR count). The summed E-state index contributed by atoms with van der Waals surface area (Å²) >= 11 is 0. The molecule has 0 aromatic heterocycles. The molecule has 1 atom stereocenters. The second-order valence-corrected chi connectivity index (χ2v) is 4.22. The van der Waals surface area contributed by atoms with Gasteiger partial charge >= 0.3 is 11.9 Å². The smallest absolute Gasteiger partial charge is 0.375 e. The van der Waals surface area contributed by atoms with E-state index in [1.165, 1.54) is 6.07 Å². The number of fused-ring (bicyclic) bond motifs is 1. The van der Waals surface area contributed by atoms with Crippen molar-refractivity contribution in [2.24, 2.45) is 0 Å². The van der Waals surface area contributed by atoms with E-state index >= 15 is 0 Å². The first kappa shape index (κ1) is 11.8. The highest BCUT2D eigenvalue weighted by Gasteiger charge is 2.50. The summed E-state index contributed by atoms with van der Waals surface area (Å²) in [5.74, 6) is -7.66. The number of benzene rings is 1. The maximum Gasteiger partial charge on any atom is 0.375 e. The number of carbonyl (C=O) groups is 1. The molecule has 17 heavy (non-hydrogen) atoms. The first-order valence-corrected chi connectivity index (χ1v) is 5.36. The van der Waals surface area contributed by atoms with Gasteiger partial charge in [-0.05, 0) is 30.9 Å². The van der Waals surface area contributed by atoms with E-state index in [2.05, 4.69) is 0 Å². The van der Waals surface area contributed by atoms with Crippen molar-refractivity contribution >= 4 is 5.97 Å². The average Bonchev–Trinajstić information content (AvgIpc) is 2.28. The van der Waals surface area contributed by atoms with Crippen molar-refractivity contribution in [1.82, 2.24) is 0 Å². The van der Waals surface area contributed by atoms with Crippen LogP contribution in [0.5, 0.6) is 5.75 Å². The number of halogens is 2. The van der Waals surface area contributed by atoms with Crippen LogP contribution in [0.15, 0.2) is 18.2 Å². The minimum absolute atomic E-state index is 0.0733. The number of aromatic hydroxyl groups is 1. The lowest BCUT2D eigenvalue weighted by Crippen LogP contribution is -2.37. The number of aliphatic carboxylic acids is 1. The highest BCUT2D eigenvalue weighted by molar-refractivity contribution is 5.77. The van der Waals surface area contributed by atoms with Gasteiger partial charge in [0.1, 0.15) is 5.75 Å². The Morgan fingerprint density at radius 3 is 2.76 bits per heavy atom. The first-order chi connectivity index (χ1) is 7.94. The van der Waals surface area contributed by atoms with Gasteiger partial charge in [0.25, 0.3) is 0 Å². The van der Waals surface area contributed by atoms with Gasteiger partial charge < -0.3 is 10.2 Å². The zero-order valence-electron chi connectivity index (χ0n) is 8.99. The molecule has 0 saturated heterocycles. The van der Waals surface area contributed by atoms with Gasteiger partial charge in [-0.2, -0.15) is 8.78 Å². The van der Waals surface area contributed by atoms with E-state index in [-0.39, 0.29) is 17.7 Å². The number of hydrogen-bond donors (Lipinski definition) is 2. The Kier molecular flexibility index (Phi) is 2.77. The van der Waals surface area contributed by atoms with Crippen molar-refractivity contribution < 1.29 is 23.8 Å². The van der Waals surface area contributed by atoms with Crippen molar-refractivity contribution in [2.75, 3.05) is 0 Å². The lowest BCUT2D eigenvalue weighted by Gasteiger charge is -2.30. The van der Waals surface area contributed by atoms with Crippen LogP contribution in [0.1, 0.15) is 29.9 Å². The molecular weight excluding hydrogens is 230 g/mol. The molecule has 2 N–H and O–H groups in total. The molecule has 0 fully saturated rings. The molecule has 1 aromatic carbocycles. The summed E-state index contributed by atoms with van der Waals surface area (Å²) in [6.45, 7) is 0. The number of carboxylic acids is 1. The molecule has 5 heteroatoms. The summed E-state index contributed by atoms with van der Waals surface area (Å²) in [5, 5.41) is 18.2. The summed E-state index contributed by atoms with van der Waals surface area (Å²) in [5.41, 5.74) is 0.702. The minimum atomic E-state index is -3.84. The maximum atomic E-state index is 13.6. The molecule has 1 aromatic rings. The quantitative estimate of drug-likeness (QED) is 0.837. The summed E-state index contributed by atoms with van der Waals surface area (Å²) < 4.78 is 27.2. The van der Waals surface area contributed by atoms with Crippen LogP contribution in [-0.2, 0) is 11.2 Å². The molecule has 0 saturated carbocycles. The highest BCUT2D eigenvalue weighted by Crippen LogP contribution is 2.45. The standard InChI is InChI=1S/C12H12F2O3/c13-12(14,11(16)17)8-5-1-3-7-4-2-6-9(15)10(7)8/h2,4,6,8,15H,1,3,5H2,(H,16,17). The predicted molar refractivity (Wildman–Crippen MR) is 56.4 cm³/mol. The van der Waals surface area contributed by atoms with Gasteiger partial charge in [-0.15, -0.1) is 0 Å². The SMILES string of the molecule is O=C(O)C(F)(F)C1CCCc2cccc(O)c21. The molecule has 1 unspecified atom stereocenters. The largest absolute Gasteiger partial charge is 0.508 e. The number of phenols is 1. The Morgan fingerprint density at radius 2 is 2.12 bits per heavy atom. The van der Waals surface area contributed by atoms with Crippen LogP contribution in [0.25, 0.3) is 0 Å². The van der Waals surface area contributed by atoms with Gasteiger partial charge in [0.15, 0.2) is 0 Å². The molecule has 1 aliphatic carbocycles. The summed E-state index contributed by atoms with van der Waals surface area (Å²) in [4.78, 5) is 10.6. The van der Waals surface area contributed by atoms with E-state index in [0.29, 0.717) is 18.4 Å². The monoisotopic (exact) mass is 242 g/mol. The van der Waals surface area contributed by atoms with Crippen molar-refractivity contribution in [3.8, 4) is 5.75 Å². The summed E-state index contributed by atoms with van der Waals surface area (Å²) in [6, 6.07) is 4.55. The van der Waals surface area contributed by atoms with Crippen molar-refractivity contribution in [2.45, 2.75) is 31.1 Å². The van der Waals surface area contributed by atoms with Crippen LogP contribution in [0.3, 0.4) is 0 Å². The lowest BCUT2D eigenvalue weighted by molar-refractivity contribution is -0.169. The van der Waals surface area contributed by atoms with Crippen LogP contribution in [0.2, 0.25) is 0 Å². The summed E-state index contributed by atoms with van der Waals surface area (Å²) in [7, 11) is 0. The van der Waals surface area contributed by atoms with E-state index in [1.807, 2.05) is 0 Å². The number of aryl methyl sites for hydroxylation is 1. The van der Waals surface area contributed by atoms with E-state index < -0.39 is 17.8 Å². The molecule has 92 valence electrons. The molecule has 1 aliphatic rings. The second kappa shape index (κ2) is 3.98. The van der Waals surface area contributed by atoms with Crippen LogP contribution in [0, 0.1) is 0 Å². The topological polar surface area (TPSA) is 57.5 Å². The van der Waals surface area contributed by atoms with Gasteiger partial charge in [-0.1, -0.05) is 12.1 Å². The van der Waals surface area contributed by atoms with Crippen LogP contribution < -0.4 is 0 Å². The molecule has 0 radical (unpaired) electrons. The van der Waals surface area contributed by atoms with E-state index in [1.54, 1.807) is 12.1 Å². The second-order valence-electron chi connectivity index (χ2n) is 4.22. The molecular formula is C12H12F2O3. The van der Waals surface area contributed by atoms with Crippen LogP contribution in [-0.4, -0.2) is 22.1 Å². The fourth-order valence-electron chi connectivity index (χ4n) is 2.37. The number of alkyl halides is 2. The number of hydrogen-bond acceptors (Lipinski definition) is 2. The van der Waals surface area contributed by atoms with E-state index in [4.69, 9.17) is 5.11 Å². The van der Waals surface area contributed by atoms with Gasteiger partial charge in [-0.3, -0.25) is 0 Å². The zero-order chi connectivity index (χ0) is 12.6. The number of rotatable bonds is 2. The third-order valence-electron chi connectivity index (χ3n) is 3.18. The maximum absolute atomic E-state index is 13.6. The Bertz CT molecular complexity index is 457. The lowest BCUT2D eigenvalue weighted by atomic mass is 9.78. The molecule has 0 heterocycles. The van der Waals surface area contributed by atoms with E-state index in [9.17, 15) is 18.7 Å². The Hall–Kier alpha value is -1.65. The molecule has 0 spiro atoms. The van der Waals surface area contributed by atoms with Gasteiger partial charge in [0.05, 0.1) is 5.92 Å². The number of phenolic OH excluding ortho intramolecular Hbond substituents is 1. The Labute approximate surface area is 96.7 Å². The normalized spacial score (nSPS) is 19.8. The first-order valence-electron chi connectivity index (χ1n) is 5.36. The van der Waals surface area contributed by atoms with Gasteiger partial charge in [0.2, 0.25) is 0 Å². The molecule has 0 bridgehead atoms. The molecule has 0 aliphatic heterocycles. The van der Waals surface area contributed by atoms with Crippen LogP contribution >= 0.6 is 0 Å². The Morgan fingerprint density at radius 1 is 1.41 bits per heavy atom. The van der Waals surface area contributed by atoms with Crippen molar-refractivity contribution in [3.05, 3.63) is 29.3 Å². The number of carboxylic acid groups (broad SMARTS) is 1. The van der Waals surface area contributed by atoms with Gasteiger partial charge in [-0.25, -0.2) is 4.79 Å². The molecule has 0 amide bonds. The van der Waals surface area contributed by atoms with Crippen molar-refractivity contribution in [3.63, 3.8) is 0 Å². The third kappa shape index (κ3) is 1.85. The van der Waals surface area contributed by atoms with Crippen LogP contribution in [0.4, 0.5) is 8.78 Å². The Balaban J connectivity index is 2.51. The van der Waals surface area contributed by atoms with Gasteiger partial charge in [0, 0.05) is 5.56 Å². The van der Waals surface area contributed by atoms with Crippen molar-refractivity contribution in [1.29, 1.82) is 0 Å². The minimum Gasteiger partial charge on any atom is -0.508 e. The molecule has 3 nitrogen and oxygen atoms in total. The fourth-order valence-corrected chi connectivity index (χ4v) is 2.37. The highest BCUT2D eigenvalue weighted by atomic mass is 19.3. The fraction of sp³-hybridized carbons (Fsp3) is 0.417.